The number of hydrogen-bond acceptors (Lipinski definition) is 1. The van der Waals surface area contributed by atoms with Crippen LogP contribution in [0, 0.1) is 17.3 Å². The summed E-state index contributed by atoms with van der Waals surface area (Å²) in [6.07, 6.45) is 3.27. The predicted molar refractivity (Wildman–Crippen MR) is 47.6 cm³/mol. The molecule has 1 saturated heterocycles. The Hall–Kier alpha value is -0.530. The number of carbonyl (C=O) groups excluding carboxylic acids is 1. The molecule has 68 valence electrons. The Morgan fingerprint density at radius 2 is 1.92 bits per heavy atom. The predicted octanol–water partition coefficient (Wildman–Crippen LogP) is 1.56. The normalized spacial score (nSPS) is 39.0. The smallest absolute Gasteiger partial charge is 0.220 e. The molecule has 12 heavy (non-hydrogen) atoms. The highest BCUT2D eigenvalue weighted by molar-refractivity contribution is 5.79. The van der Waals surface area contributed by atoms with Crippen molar-refractivity contribution in [2.75, 3.05) is 6.54 Å². The van der Waals surface area contributed by atoms with Gasteiger partial charge in [-0.3, -0.25) is 4.79 Å². The van der Waals surface area contributed by atoms with Crippen molar-refractivity contribution in [1.29, 1.82) is 0 Å². The van der Waals surface area contributed by atoms with Gasteiger partial charge in [-0.1, -0.05) is 13.8 Å². The molecule has 0 radical (unpaired) electrons. The lowest BCUT2D eigenvalue weighted by Gasteiger charge is -2.19. The Morgan fingerprint density at radius 3 is 2.33 bits per heavy atom. The molecule has 1 saturated carbocycles. The zero-order chi connectivity index (χ0) is 8.77. The first-order chi connectivity index (χ1) is 5.61. The van der Waals surface area contributed by atoms with Gasteiger partial charge in [0.05, 0.1) is 0 Å². The fourth-order valence-electron chi connectivity index (χ4n) is 2.89. The van der Waals surface area contributed by atoms with Crippen LogP contribution >= 0.6 is 0 Å². The number of carbonyl (C=O) groups is 1. The average Bonchev–Trinajstić information content (AvgIpc) is 2.42. The summed E-state index contributed by atoms with van der Waals surface area (Å²) >= 11 is 0. The molecule has 1 amide bonds. The Morgan fingerprint density at radius 1 is 1.33 bits per heavy atom. The zero-order valence-corrected chi connectivity index (χ0v) is 7.89. The second-order valence-electron chi connectivity index (χ2n) is 4.82. The topological polar surface area (TPSA) is 29.1 Å². The van der Waals surface area contributed by atoms with E-state index in [1.165, 1.54) is 12.8 Å². The molecule has 1 spiro atoms. The van der Waals surface area contributed by atoms with Crippen molar-refractivity contribution in [2.45, 2.75) is 33.1 Å². The second-order valence-corrected chi connectivity index (χ2v) is 4.82. The molecule has 2 atom stereocenters. The third kappa shape index (κ3) is 1.13. The molecule has 1 aliphatic heterocycles. The van der Waals surface area contributed by atoms with Crippen LogP contribution in [-0.4, -0.2) is 12.5 Å². The summed E-state index contributed by atoms with van der Waals surface area (Å²) in [4.78, 5) is 11.1. The van der Waals surface area contributed by atoms with E-state index in [-0.39, 0.29) is 5.91 Å². The average molecular weight is 167 g/mol. The van der Waals surface area contributed by atoms with Crippen LogP contribution in [0.2, 0.25) is 0 Å². The summed E-state index contributed by atoms with van der Waals surface area (Å²) in [6.45, 7) is 5.55. The SMILES string of the molecule is C[C@@H]1CC2(CNC(=O)C2)C[C@H]1C. The molecule has 0 unspecified atom stereocenters. The highest BCUT2D eigenvalue weighted by Gasteiger charge is 2.46. The van der Waals surface area contributed by atoms with E-state index >= 15 is 0 Å². The molecule has 1 N–H and O–H groups in total. The van der Waals surface area contributed by atoms with E-state index in [0.29, 0.717) is 5.41 Å². The van der Waals surface area contributed by atoms with Crippen molar-refractivity contribution in [3.63, 3.8) is 0 Å². The molecule has 2 fully saturated rings. The summed E-state index contributed by atoms with van der Waals surface area (Å²) in [5.41, 5.74) is 0.343. The van der Waals surface area contributed by atoms with Gasteiger partial charge in [-0.15, -0.1) is 0 Å². The molecule has 2 aliphatic rings. The van der Waals surface area contributed by atoms with Crippen molar-refractivity contribution >= 4 is 5.91 Å². The van der Waals surface area contributed by atoms with Gasteiger partial charge in [0.2, 0.25) is 5.91 Å². The molecule has 2 heteroatoms. The molecule has 2 nitrogen and oxygen atoms in total. The molecule has 2 rings (SSSR count). The van der Waals surface area contributed by atoms with E-state index in [1.54, 1.807) is 0 Å². The van der Waals surface area contributed by atoms with Crippen molar-refractivity contribution in [3.05, 3.63) is 0 Å². The molecular formula is C10H17NO. The number of hydrogen-bond donors (Lipinski definition) is 1. The van der Waals surface area contributed by atoms with Crippen LogP contribution in [0.4, 0.5) is 0 Å². The van der Waals surface area contributed by atoms with E-state index in [2.05, 4.69) is 19.2 Å². The van der Waals surface area contributed by atoms with Crippen LogP contribution in [0.25, 0.3) is 0 Å². The van der Waals surface area contributed by atoms with Gasteiger partial charge in [-0.05, 0) is 30.1 Å². The van der Waals surface area contributed by atoms with Gasteiger partial charge < -0.3 is 5.32 Å². The zero-order valence-electron chi connectivity index (χ0n) is 7.89. The fraction of sp³-hybridized carbons (Fsp3) is 0.900. The van der Waals surface area contributed by atoms with Gasteiger partial charge in [0.1, 0.15) is 0 Å². The summed E-state index contributed by atoms with van der Waals surface area (Å²) in [6, 6.07) is 0. The van der Waals surface area contributed by atoms with E-state index in [1.807, 2.05) is 0 Å². The van der Waals surface area contributed by atoms with Crippen LogP contribution in [-0.2, 0) is 4.79 Å². The van der Waals surface area contributed by atoms with Crippen molar-refractivity contribution in [1.82, 2.24) is 5.32 Å². The lowest BCUT2D eigenvalue weighted by atomic mass is 9.84. The summed E-state index contributed by atoms with van der Waals surface area (Å²) in [7, 11) is 0. The third-order valence-electron chi connectivity index (χ3n) is 3.68. The van der Waals surface area contributed by atoms with Gasteiger partial charge in [0, 0.05) is 13.0 Å². The minimum Gasteiger partial charge on any atom is -0.356 e. The minimum absolute atomic E-state index is 0.260. The van der Waals surface area contributed by atoms with E-state index < -0.39 is 0 Å². The van der Waals surface area contributed by atoms with Crippen LogP contribution in [0.5, 0.6) is 0 Å². The summed E-state index contributed by atoms with van der Waals surface area (Å²) in [5, 5.41) is 2.95. The molecule has 0 bridgehead atoms. The first-order valence-corrected chi connectivity index (χ1v) is 4.88. The maximum atomic E-state index is 11.1. The third-order valence-corrected chi connectivity index (χ3v) is 3.68. The van der Waals surface area contributed by atoms with Gasteiger partial charge >= 0.3 is 0 Å². The minimum atomic E-state index is 0.260. The van der Waals surface area contributed by atoms with Crippen molar-refractivity contribution < 1.29 is 4.79 Å². The van der Waals surface area contributed by atoms with Gasteiger partial charge in [-0.2, -0.15) is 0 Å². The number of nitrogens with one attached hydrogen (secondary N) is 1. The summed E-state index contributed by atoms with van der Waals surface area (Å²) < 4.78 is 0. The Labute approximate surface area is 73.7 Å². The maximum absolute atomic E-state index is 11.1. The second kappa shape index (κ2) is 2.48. The molecular weight excluding hydrogens is 150 g/mol. The quantitative estimate of drug-likeness (QED) is 0.583. The largest absolute Gasteiger partial charge is 0.356 e. The number of rotatable bonds is 0. The fourth-order valence-corrected chi connectivity index (χ4v) is 2.89. The van der Waals surface area contributed by atoms with E-state index in [9.17, 15) is 4.79 Å². The van der Waals surface area contributed by atoms with Gasteiger partial charge in [0.25, 0.3) is 0 Å². The van der Waals surface area contributed by atoms with E-state index in [4.69, 9.17) is 0 Å². The lowest BCUT2D eigenvalue weighted by Crippen LogP contribution is -2.20. The molecule has 1 heterocycles. The first kappa shape index (κ1) is 8.09. The van der Waals surface area contributed by atoms with Crippen molar-refractivity contribution in [3.8, 4) is 0 Å². The van der Waals surface area contributed by atoms with Crippen LogP contribution < -0.4 is 5.32 Å². The van der Waals surface area contributed by atoms with Crippen LogP contribution in [0.3, 0.4) is 0 Å². The van der Waals surface area contributed by atoms with E-state index in [0.717, 1.165) is 24.8 Å². The van der Waals surface area contributed by atoms with Crippen LogP contribution in [0.1, 0.15) is 33.1 Å². The standard InChI is InChI=1S/C10H17NO/c1-7-3-10(4-8(7)2)5-9(12)11-6-10/h7-8H,3-6H2,1-2H3,(H,11,12)/t7-,8-/m1/s1. The first-order valence-electron chi connectivity index (χ1n) is 4.88. The Balaban J connectivity index is 2.10. The molecule has 0 aromatic heterocycles. The maximum Gasteiger partial charge on any atom is 0.220 e. The summed E-state index contributed by atoms with van der Waals surface area (Å²) in [5.74, 6) is 1.87. The van der Waals surface area contributed by atoms with Crippen molar-refractivity contribution in [2.24, 2.45) is 17.3 Å². The van der Waals surface area contributed by atoms with Gasteiger partial charge in [0.15, 0.2) is 0 Å². The van der Waals surface area contributed by atoms with Crippen LogP contribution in [0.15, 0.2) is 0 Å². The number of amides is 1. The Kier molecular flexibility index (Phi) is 1.67. The molecule has 0 aromatic rings. The molecule has 1 aliphatic carbocycles. The highest BCUT2D eigenvalue weighted by Crippen LogP contribution is 2.48. The molecule has 0 aromatic carbocycles. The Bertz CT molecular complexity index is 202. The monoisotopic (exact) mass is 167 g/mol. The van der Waals surface area contributed by atoms with Gasteiger partial charge in [-0.25, -0.2) is 0 Å². The highest BCUT2D eigenvalue weighted by atomic mass is 16.1. The lowest BCUT2D eigenvalue weighted by molar-refractivity contribution is -0.119.